The lowest BCUT2D eigenvalue weighted by Crippen LogP contribution is -2.50. The lowest BCUT2D eigenvalue weighted by molar-refractivity contribution is -0.385. The Kier molecular flexibility index (Phi) is 6.36. The molecule has 0 N–H and O–H groups in total. The number of piperazine rings is 1. The molecule has 1 saturated heterocycles. The maximum absolute atomic E-state index is 12.5. The van der Waals surface area contributed by atoms with Gasteiger partial charge in [0.2, 0.25) is 0 Å². The molecule has 30 heavy (non-hydrogen) atoms. The largest absolute Gasteiger partial charge is 0.477 e. The van der Waals surface area contributed by atoms with Crippen molar-refractivity contribution in [3.8, 4) is 5.75 Å². The van der Waals surface area contributed by atoms with E-state index < -0.39 is 9.85 Å². The van der Waals surface area contributed by atoms with E-state index in [4.69, 9.17) is 16.3 Å². The SMILES string of the molecule is Cc1ccc([N+](=O)[O-])c(OCC(=O)N2CCN(c3ccc(Cl)cc3[N+](=O)[O-])CC2)c1. The van der Waals surface area contributed by atoms with Gasteiger partial charge in [0, 0.05) is 43.3 Å². The molecule has 0 aliphatic carbocycles. The summed E-state index contributed by atoms with van der Waals surface area (Å²) in [6.45, 7) is 2.94. The summed E-state index contributed by atoms with van der Waals surface area (Å²) in [5.41, 5.74) is 0.940. The van der Waals surface area contributed by atoms with Crippen molar-refractivity contribution in [3.05, 3.63) is 67.2 Å². The number of nitro groups is 2. The second-order valence-corrected chi connectivity index (χ2v) is 7.21. The summed E-state index contributed by atoms with van der Waals surface area (Å²) in [5.74, 6) is -0.264. The van der Waals surface area contributed by atoms with Crippen LogP contribution in [0.1, 0.15) is 5.56 Å². The zero-order valence-corrected chi connectivity index (χ0v) is 16.9. The van der Waals surface area contributed by atoms with Gasteiger partial charge < -0.3 is 14.5 Å². The normalized spacial score (nSPS) is 13.8. The predicted octanol–water partition coefficient (Wildman–Crippen LogP) is 3.19. The highest BCUT2D eigenvalue weighted by Gasteiger charge is 2.26. The van der Waals surface area contributed by atoms with Crippen molar-refractivity contribution in [2.45, 2.75) is 6.92 Å². The Morgan fingerprint density at radius 1 is 1.03 bits per heavy atom. The molecule has 0 atom stereocenters. The van der Waals surface area contributed by atoms with Gasteiger partial charge in [0.25, 0.3) is 11.6 Å². The fourth-order valence-corrected chi connectivity index (χ4v) is 3.39. The van der Waals surface area contributed by atoms with E-state index in [9.17, 15) is 25.0 Å². The van der Waals surface area contributed by atoms with Crippen molar-refractivity contribution < 1.29 is 19.4 Å². The number of ether oxygens (including phenoxy) is 1. The highest BCUT2D eigenvalue weighted by molar-refractivity contribution is 6.30. The van der Waals surface area contributed by atoms with Crippen LogP contribution in [0.3, 0.4) is 0 Å². The molecule has 2 aromatic carbocycles. The molecule has 0 saturated carbocycles. The first-order valence-electron chi connectivity index (χ1n) is 9.11. The van der Waals surface area contributed by atoms with Crippen LogP contribution in [-0.4, -0.2) is 53.4 Å². The van der Waals surface area contributed by atoms with E-state index in [2.05, 4.69) is 0 Å². The van der Waals surface area contributed by atoms with Crippen LogP contribution in [0.2, 0.25) is 5.02 Å². The third-order valence-corrected chi connectivity index (χ3v) is 5.01. The molecule has 0 spiro atoms. The maximum atomic E-state index is 12.5. The minimum absolute atomic E-state index is 0.0452. The maximum Gasteiger partial charge on any atom is 0.310 e. The molecule has 0 radical (unpaired) electrons. The number of nitro benzene ring substituents is 2. The third kappa shape index (κ3) is 4.77. The van der Waals surface area contributed by atoms with Crippen molar-refractivity contribution in [1.29, 1.82) is 0 Å². The van der Waals surface area contributed by atoms with Gasteiger partial charge in [-0.2, -0.15) is 0 Å². The first-order valence-corrected chi connectivity index (χ1v) is 9.48. The van der Waals surface area contributed by atoms with Crippen LogP contribution in [-0.2, 0) is 4.79 Å². The number of aryl methyl sites for hydroxylation is 1. The van der Waals surface area contributed by atoms with Crippen LogP contribution in [0.4, 0.5) is 17.1 Å². The number of hydrogen-bond donors (Lipinski definition) is 0. The van der Waals surface area contributed by atoms with E-state index in [0.29, 0.717) is 31.9 Å². The number of carbonyl (C=O) groups excluding carboxylic acids is 1. The van der Waals surface area contributed by atoms with Gasteiger partial charge in [-0.3, -0.25) is 25.0 Å². The van der Waals surface area contributed by atoms with E-state index in [0.717, 1.165) is 5.56 Å². The monoisotopic (exact) mass is 434 g/mol. The fourth-order valence-electron chi connectivity index (χ4n) is 3.23. The van der Waals surface area contributed by atoms with Gasteiger partial charge >= 0.3 is 5.69 Å². The van der Waals surface area contributed by atoms with E-state index in [1.165, 1.54) is 18.2 Å². The first kappa shape index (κ1) is 21.3. The van der Waals surface area contributed by atoms with Crippen LogP contribution in [0, 0.1) is 27.2 Å². The van der Waals surface area contributed by atoms with Crippen molar-refractivity contribution in [2.75, 3.05) is 37.7 Å². The Morgan fingerprint density at radius 3 is 2.33 bits per heavy atom. The molecule has 1 fully saturated rings. The molecule has 2 aromatic rings. The number of carbonyl (C=O) groups is 1. The second-order valence-electron chi connectivity index (χ2n) is 6.77. The second kappa shape index (κ2) is 8.95. The van der Waals surface area contributed by atoms with Crippen molar-refractivity contribution >= 4 is 34.6 Å². The van der Waals surface area contributed by atoms with Crippen molar-refractivity contribution in [3.63, 3.8) is 0 Å². The summed E-state index contributed by atoms with van der Waals surface area (Å²) in [7, 11) is 0. The Bertz CT molecular complexity index is 991. The zero-order chi connectivity index (χ0) is 21.8. The Labute approximate surface area is 176 Å². The number of anilines is 1. The molecule has 1 aliphatic heterocycles. The minimum Gasteiger partial charge on any atom is -0.477 e. The number of hydrogen-bond acceptors (Lipinski definition) is 7. The summed E-state index contributed by atoms with van der Waals surface area (Å²) in [4.78, 5) is 37.3. The number of amides is 1. The van der Waals surface area contributed by atoms with Gasteiger partial charge in [0.05, 0.1) is 9.85 Å². The van der Waals surface area contributed by atoms with Gasteiger partial charge in [0.1, 0.15) is 5.69 Å². The predicted molar refractivity (Wildman–Crippen MR) is 110 cm³/mol. The number of rotatable bonds is 6. The van der Waals surface area contributed by atoms with Gasteiger partial charge in [-0.1, -0.05) is 17.7 Å². The molecule has 3 rings (SSSR count). The van der Waals surface area contributed by atoms with E-state index in [-0.39, 0.29) is 34.7 Å². The van der Waals surface area contributed by atoms with Crippen LogP contribution < -0.4 is 9.64 Å². The van der Waals surface area contributed by atoms with E-state index >= 15 is 0 Å². The van der Waals surface area contributed by atoms with Gasteiger partial charge in [-0.05, 0) is 30.7 Å². The van der Waals surface area contributed by atoms with Crippen LogP contribution in [0.15, 0.2) is 36.4 Å². The summed E-state index contributed by atoms with van der Waals surface area (Å²) in [5, 5.41) is 22.7. The average Bonchev–Trinajstić information content (AvgIpc) is 2.72. The molecule has 158 valence electrons. The topological polar surface area (TPSA) is 119 Å². The molecule has 0 unspecified atom stereocenters. The van der Waals surface area contributed by atoms with Crippen molar-refractivity contribution in [1.82, 2.24) is 4.90 Å². The Morgan fingerprint density at radius 2 is 1.70 bits per heavy atom. The van der Waals surface area contributed by atoms with E-state index in [1.54, 1.807) is 30.0 Å². The fraction of sp³-hybridized carbons (Fsp3) is 0.316. The minimum atomic E-state index is -0.558. The number of nitrogens with zero attached hydrogens (tertiary/aromatic N) is 4. The molecule has 0 bridgehead atoms. The van der Waals surface area contributed by atoms with E-state index in [1.807, 2.05) is 4.90 Å². The summed E-state index contributed by atoms with van der Waals surface area (Å²) in [6.07, 6.45) is 0. The highest BCUT2D eigenvalue weighted by Crippen LogP contribution is 2.32. The standard InChI is InChI=1S/C19H19ClN4O6/c1-13-2-4-16(23(26)27)18(10-13)30-12-19(25)22-8-6-21(7-9-22)15-5-3-14(20)11-17(15)24(28)29/h2-5,10-11H,6-9,12H2,1H3. The molecule has 1 amide bonds. The summed E-state index contributed by atoms with van der Waals surface area (Å²) >= 11 is 5.86. The van der Waals surface area contributed by atoms with Crippen LogP contribution in [0.5, 0.6) is 5.75 Å². The molecule has 1 heterocycles. The average molecular weight is 435 g/mol. The molecular formula is C19H19ClN4O6. The smallest absolute Gasteiger partial charge is 0.310 e. The number of halogens is 1. The van der Waals surface area contributed by atoms with Crippen molar-refractivity contribution in [2.24, 2.45) is 0 Å². The Hall–Kier alpha value is -3.40. The first-order chi connectivity index (χ1) is 14.3. The summed E-state index contributed by atoms with van der Waals surface area (Å²) in [6, 6.07) is 8.94. The third-order valence-electron chi connectivity index (χ3n) is 4.77. The summed E-state index contributed by atoms with van der Waals surface area (Å²) < 4.78 is 5.42. The molecule has 1 aliphatic rings. The quantitative estimate of drug-likeness (QED) is 0.505. The molecule has 0 aromatic heterocycles. The lowest BCUT2D eigenvalue weighted by Gasteiger charge is -2.35. The molecular weight excluding hydrogens is 416 g/mol. The van der Waals surface area contributed by atoms with Gasteiger partial charge in [-0.25, -0.2) is 0 Å². The van der Waals surface area contributed by atoms with Gasteiger partial charge in [0.15, 0.2) is 12.4 Å². The lowest BCUT2D eigenvalue weighted by atomic mass is 10.2. The Balaban J connectivity index is 1.61. The number of benzene rings is 2. The van der Waals surface area contributed by atoms with Gasteiger partial charge in [-0.15, -0.1) is 0 Å². The zero-order valence-electron chi connectivity index (χ0n) is 16.1. The highest BCUT2D eigenvalue weighted by atomic mass is 35.5. The van der Waals surface area contributed by atoms with Crippen LogP contribution >= 0.6 is 11.6 Å². The molecule has 10 nitrogen and oxygen atoms in total. The molecule has 11 heteroatoms. The van der Waals surface area contributed by atoms with Crippen LogP contribution in [0.25, 0.3) is 0 Å².